The topological polar surface area (TPSA) is 65.2 Å². The molecule has 0 aliphatic carbocycles. The van der Waals surface area contributed by atoms with Crippen molar-refractivity contribution in [3.63, 3.8) is 0 Å². The average molecular weight is 216 g/mol. The molecule has 6 heteroatoms. The van der Waals surface area contributed by atoms with Crippen LogP contribution < -0.4 is 5.73 Å². The van der Waals surface area contributed by atoms with Crippen LogP contribution in [0.4, 0.5) is 8.78 Å². The number of esters is 1. The third-order valence-electron chi connectivity index (χ3n) is 1.83. The molecule has 4 nitrogen and oxygen atoms in total. The number of hydrogen-bond acceptors (Lipinski definition) is 4. The molecule has 1 heterocycles. The van der Waals surface area contributed by atoms with Gasteiger partial charge in [0.25, 0.3) is 6.43 Å². The number of ether oxygens (including phenoxy) is 1. The Hall–Kier alpha value is -1.56. The minimum atomic E-state index is -2.65. The molecule has 0 amide bonds. The number of nitrogens with zero attached hydrogens (tertiary/aromatic N) is 1. The van der Waals surface area contributed by atoms with Crippen molar-refractivity contribution in [2.45, 2.75) is 13.0 Å². The smallest absolute Gasteiger partial charge is 0.356 e. The highest BCUT2D eigenvalue weighted by Crippen LogP contribution is 2.21. The van der Waals surface area contributed by atoms with Crippen LogP contribution in [0.3, 0.4) is 0 Å². The van der Waals surface area contributed by atoms with Gasteiger partial charge in [0.2, 0.25) is 0 Å². The number of carbonyl (C=O) groups excluding carboxylic acids is 1. The quantitative estimate of drug-likeness (QED) is 0.772. The fourth-order valence-corrected chi connectivity index (χ4v) is 1.09. The first-order valence-corrected chi connectivity index (χ1v) is 4.16. The van der Waals surface area contributed by atoms with Gasteiger partial charge in [0.05, 0.1) is 12.8 Å². The Morgan fingerprint density at radius 3 is 2.73 bits per heavy atom. The van der Waals surface area contributed by atoms with E-state index in [0.29, 0.717) is 0 Å². The molecule has 0 atom stereocenters. The summed E-state index contributed by atoms with van der Waals surface area (Å²) in [4.78, 5) is 14.8. The second-order valence-corrected chi connectivity index (χ2v) is 2.73. The van der Waals surface area contributed by atoms with Gasteiger partial charge in [-0.1, -0.05) is 0 Å². The van der Waals surface area contributed by atoms with Crippen LogP contribution in [0, 0.1) is 0 Å². The standard InChI is InChI=1S/C9H10F2N2O2/c1-15-9(14)6-3-2-5(8(10)11)7(4-12)13-6/h2-3,8H,4,12H2,1H3. The number of rotatable bonds is 3. The van der Waals surface area contributed by atoms with E-state index in [-0.39, 0.29) is 23.5 Å². The fraction of sp³-hybridized carbons (Fsp3) is 0.333. The predicted octanol–water partition coefficient (Wildman–Crippen LogP) is 1.26. The van der Waals surface area contributed by atoms with Crippen LogP contribution in [0.25, 0.3) is 0 Å². The summed E-state index contributed by atoms with van der Waals surface area (Å²) in [6, 6.07) is 2.32. The van der Waals surface area contributed by atoms with Crippen molar-refractivity contribution in [1.82, 2.24) is 4.98 Å². The average Bonchev–Trinajstić information content (AvgIpc) is 2.26. The zero-order chi connectivity index (χ0) is 11.4. The Morgan fingerprint density at radius 1 is 1.60 bits per heavy atom. The minimum absolute atomic E-state index is 0.00731. The molecular formula is C9H10F2N2O2. The van der Waals surface area contributed by atoms with Crippen molar-refractivity contribution >= 4 is 5.97 Å². The van der Waals surface area contributed by atoms with Gasteiger partial charge in [-0.2, -0.15) is 0 Å². The summed E-state index contributed by atoms with van der Waals surface area (Å²) >= 11 is 0. The summed E-state index contributed by atoms with van der Waals surface area (Å²) in [5.41, 5.74) is 4.97. The molecule has 82 valence electrons. The molecule has 0 spiro atoms. The predicted molar refractivity (Wildman–Crippen MR) is 48.4 cm³/mol. The zero-order valence-electron chi connectivity index (χ0n) is 8.04. The van der Waals surface area contributed by atoms with E-state index < -0.39 is 12.4 Å². The lowest BCUT2D eigenvalue weighted by Gasteiger charge is -2.07. The number of carbonyl (C=O) groups is 1. The van der Waals surface area contributed by atoms with Gasteiger partial charge in [-0.15, -0.1) is 0 Å². The maximum atomic E-state index is 12.4. The van der Waals surface area contributed by atoms with Gasteiger partial charge < -0.3 is 10.5 Å². The van der Waals surface area contributed by atoms with E-state index in [1.807, 2.05) is 0 Å². The van der Waals surface area contributed by atoms with Crippen LogP contribution >= 0.6 is 0 Å². The van der Waals surface area contributed by atoms with Gasteiger partial charge in [0.1, 0.15) is 5.69 Å². The van der Waals surface area contributed by atoms with Gasteiger partial charge in [-0.3, -0.25) is 0 Å². The van der Waals surface area contributed by atoms with E-state index in [0.717, 1.165) is 6.07 Å². The van der Waals surface area contributed by atoms with Crippen LogP contribution in [0.2, 0.25) is 0 Å². The summed E-state index contributed by atoms with van der Waals surface area (Å²) in [5.74, 6) is -0.675. The molecule has 15 heavy (non-hydrogen) atoms. The lowest BCUT2D eigenvalue weighted by Crippen LogP contribution is -2.11. The fourth-order valence-electron chi connectivity index (χ4n) is 1.09. The molecule has 0 bridgehead atoms. The maximum absolute atomic E-state index is 12.4. The third-order valence-corrected chi connectivity index (χ3v) is 1.83. The zero-order valence-corrected chi connectivity index (χ0v) is 8.04. The van der Waals surface area contributed by atoms with Crippen LogP contribution in [-0.2, 0) is 11.3 Å². The number of halogens is 2. The molecular weight excluding hydrogens is 206 g/mol. The van der Waals surface area contributed by atoms with E-state index in [2.05, 4.69) is 9.72 Å². The van der Waals surface area contributed by atoms with E-state index >= 15 is 0 Å². The van der Waals surface area contributed by atoms with Crippen molar-refractivity contribution in [3.8, 4) is 0 Å². The Bertz CT molecular complexity index is 369. The Kier molecular flexibility index (Phi) is 3.68. The highest BCUT2D eigenvalue weighted by atomic mass is 19.3. The molecule has 0 unspecified atom stereocenters. The Morgan fingerprint density at radius 2 is 2.27 bits per heavy atom. The monoisotopic (exact) mass is 216 g/mol. The van der Waals surface area contributed by atoms with E-state index in [1.165, 1.54) is 13.2 Å². The Labute approximate surface area is 85.1 Å². The van der Waals surface area contributed by atoms with Crippen molar-refractivity contribution in [2.24, 2.45) is 5.73 Å². The Balaban J connectivity index is 3.13. The molecule has 0 fully saturated rings. The van der Waals surface area contributed by atoms with Gasteiger partial charge >= 0.3 is 5.97 Å². The first-order valence-electron chi connectivity index (χ1n) is 4.16. The number of methoxy groups -OCH3 is 1. The molecule has 0 saturated heterocycles. The second kappa shape index (κ2) is 4.79. The summed E-state index contributed by atoms with van der Waals surface area (Å²) in [7, 11) is 1.19. The van der Waals surface area contributed by atoms with Crippen LogP contribution in [0.1, 0.15) is 28.2 Å². The summed E-state index contributed by atoms with van der Waals surface area (Å²) in [6.45, 7) is -0.148. The van der Waals surface area contributed by atoms with Crippen LogP contribution in [-0.4, -0.2) is 18.1 Å². The summed E-state index contributed by atoms with van der Waals surface area (Å²) in [6.07, 6.45) is -2.65. The highest BCUT2D eigenvalue weighted by Gasteiger charge is 2.16. The number of aromatic nitrogens is 1. The molecule has 1 aromatic heterocycles. The maximum Gasteiger partial charge on any atom is 0.356 e. The molecule has 0 aliphatic rings. The highest BCUT2D eigenvalue weighted by molar-refractivity contribution is 5.87. The summed E-state index contributed by atoms with van der Waals surface area (Å²) < 4.78 is 29.2. The number of hydrogen-bond donors (Lipinski definition) is 1. The van der Waals surface area contributed by atoms with E-state index in [9.17, 15) is 13.6 Å². The van der Waals surface area contributed by atoms with Crippen molar-refractivity contribution in [2.75, 3.05) is 7.11 Å². The molecule has 0 saturated carbocycles. The lowest BCUT2D eigenvalue weighted by atomic mass is 10.2. The molecule has 1 aromatic rings. The largest absolute Gasteiger partial charge is 0.464 e. The minimum Gasteiger partial charge on any atom is -0.464 e. The molecule has 0 aromatic carbocycles. The number of nitrogens with two attached hydrogens (primary N) is 1. The lowest BCUT2D eigenvalue weighted by molar-refractivity contribution is 0.0593. The molecule has 0 aliphatic heterocycles. The first-order chi connectivity index (χ1) is 7.10. The number of pyridine rings is 1. The van der Waals surface area contributed by atoms with Gasteiger partial charge in [-0.05, 0) is 12.1 Å². The van der Waals surface area contributed by atoms with Gasteiger partial charge in [-0.25, -0.2) is 18.6 Å². The second-order valence-electron chi connectivity index (χ2n) is 2.73. The SMILES string of the molecule is COC(=O)c1ccc(C(F)F)c(CN)n1. The van der Waals surface area contributed by atoms with Crippen molar-refractivity contribution in [3.05, 3.63) is 29.1 Å². The number of alkyl halides is 2. The molecule has 1 rings (SSSR count). The van der Waals surface area contributed by atoms with Gasteiger partial charge in [0.15, 0.2) is 0 Å². The van der Waals surface area contributed by atoms with Crippen LogP contribution in [0.5, 0.6) is 0 Å². The van der Waals surface area contributed by atoms with E-state index in [1.54, 1.807) is 0 Å². The first kappa shape index (κ1) is 11.5. The van der Waals surface area contributed by atoms with Crippen molar-refractivity contribution in [1.29, 1.82) is 0 Å². The van der Waals surface area contributed by atoms with E-state index in [4.69, 9.17) is 5.73 Å². The normalized spacial score (nSPS) is 10.5. The molecule has 0 radical (unpaired) electrons. The van der Waals surface area contributed by atoms with Gasteiger partial charge in [0, 0.05) is 12.1 Å². The van der Waals surface area contributed by atoms with Crippen molar-refractivity contribution < 1.29 is 18.3 Å². The molecule has 2 N–H and O–H groups in total. The third kappa shape index (κ3) is 2.47. The van der Waals surface area contributed by atoms with Crippen LogP contribution in [0.15, 0.2) is 12.1 Å². The summed E-state index contributed by atoms with van der Waals surface area (Å²) in [5, 5.41) is 0.